The molecule has 0 unspecified atom stereocenters. The number of aryl methyl sites for hydroxylation is 1. The molecule has 0 aliphatic carbocycles. The first kappa shape index (κ1) is 28.4. The summed E-state index contributed by atoms with van der Waals surface area (Å²) in [4.78, 5) is 2.11. The van der Waals surface area contributed by atoms with Crippen LogP contribution in [0.1, 0.15) is 78.5 Å². The minimum absolute atomic E-state index is 0.168. The minimum atomic E-state index is -3.31. The van der Waals surface area contributed by atoms with Crippen molar-refractivity contribution < 1.29 is 18.7 Å². The largest absolute Gasteiger partial charge is 0.507 e. The average Bonchev–Trinajstić information content (AvgIpc) is 2.72. The zero-order valence-electron chi connectivity index (χ0n) is 22.4. The van der Waals surface area contributed by atoms with Crippen molar-refractivity contribution in [2.45, 2.75) is 79.1 Å². The van der Waals surface area contributed by atoms with Crippen molar-refractivity contribution in [2.75, 3.05) is 30.9 Å². The Kier molecular flexibility index (Phi) is 9.82. The molecule has 0 atom stereocenters. The van der Waals surface area contributed by atoms with Gasteiger partial charge in [0.05, 0.1) is 13.2 Å². The maximum atomic E-state index is 13.5. The fraction of sp³-hybridized carbons (Fsp3) is 0.571. The second-order valence-electron chi connectivity index (χ2n) is 10.8. The van der Waals surface area contributed by atoms with Gasteiger partial charge in [-0.3, -0.25) is 4.57 Å². The highest BCUT2D eigenvalue weighted by Gasteiger charge is 2.31. The first-order valence-electron chi connectivity index (χ1n) is 12.4. The van der Waals surface area contributed by atoms with Crippen LogP contribution in [0.5, 0.6) is 5.75 Å². The quantitative estimate of drug-likeness (QED) is 0.329. The smallest absolute Gasteiger partial charge is 0.349 e. The lowest BCUT2D eigenvalue weighted by molar-refractivity contribution is 0.220. The van der Waals surface area contributed by atoms with Crippen molar-refractivity contribution in [1.29, 1.82) is 0 Å². The molecule has 2 rings (SSSR count). The number of hydrogen-bond donors (Lipinski definition) is 1. The Balaban J connectivity index is 2.52. The van der Waals surface area contributed by atoms with Crippen LogP contribution in [-0.2, 0) is 30.9 Å². The third-order valence-corrected chi connectivity index (χ3v) is 7.80. The lowest BCUT2D eigenvalue weighted by Crippen LogP contribution is -2.29. The predicted octanol–water partition coefficient (Wildman–Crippen LogP) is 7.65. The molecule has 0 aromatic heterocycles. The van der Waals surface area contributed by atoms with E-state index in [0.29, 0.717) is 25.5 Å². The monoisotopic (exact) mass is 489 g/mol. The Morgan fingerprint density at radius 1 is 0.882 bits per heavy atom. The zero-order valence-corrected chi connectivity index (χ0v) is 23.2. The highest BCUT2D eigenvalue weighted by Crippen LogP contribution is 2.50. The van der Waals surface area contributed by atoms with Gasteiger partial charge in [-0.1, -0.05) is 71.9 Å². The lowest BCUT2D eigenvalue weighted by Gasteiger charge is -2.33. The molecule has 1 N–H and O–H groups in total. The molecule has 0 aliphatic rings. The van der Waals surface area contributed by atoms with Crippen molar-refractivity contribution in [3.8, 4) is 5.75 Å². The molecule has 2 aromatic rings. The molecule has 0 fully saturated rings. The van der Waals surface area contributed by atoms with E-state index < -0.39 is 7.60 Å². The Bertz CT molecular complexity index is 916. The summed E-state index contributed by atoms with van der Waals surface area (Å²) in [5.74, 6) is 0.339. The molecule has 0 heterocycles. The highest BCUT2D eigenvalue weighted by atomic mass is 31.2. The molecule has 0 radical (unpaired) electrons. The number of benzene rings is 2. The zero-order chi connectivity index (χ0) is 25.6. The molecule has 190 valence electrons. The van der Waals surface area contributed by atoms with E-state index in [1.165, 1.54) is 5.56 Å². The summed E-state index contributed by atoms with van der Waals surface area (Å²) in [6, 6.07) is 14.5. The fourth-order valence-corrected chi connectivity index (χ4v) is 5.81. The van der Waals surface area contributed by atoms with Crippen LogP contribution in [0.25, 0.3) is 0 Å². The first-order chi connectivity index (χ1) is 15.8. The highest BCUT2D eigenvalue weighted by molar-refractivity contribution is 7.53. The second-order valence-corrected chi connectivity index (χ2v) is 12.9. The first-order valence-corrected chi connectivity index (χ1v) is 14.1. The van der Waals surface area contributed by atoms with Crippen LogP contribution in [-0.4, -0.2) is 31.2 Å². The van der Waals surface area contributed by atoms with Crippen molar-refractivity contribution >= 4 is 13.3 Å². The van der Waals surface area contributed by atoms with Gasteiger partial charge in [0.1, 0.15) is 12.0 Å². The van der Waals surface area contributed by atoms with Gasteiger partial charge in [-0.25, -0.2) is 0 Å². The van der Waals surface area contributed by atoms with Crippen LogP contribution >= 0.6 is 7.60 Å². The molecule has 0 saturated heterocycles. The number of phenolic OH excluding ortho intramolecular Hbond substituents is 1. The normalized spacial score (nSPS) is 12.7. The predicted molar refractivity (Wildman–Crippen MR) is 143 cm³/mol. The SMILES string of the molecule is CCOP(=O)(CN(CCCc1ccccc1)c1cc(C(C)(C)C)c(O)c(C(C)(C)C)c1)OCC. The van der Waals surface area contributed by atoms with E-state index in [2.05, 4.69) is 70.7 Å². The van der Waals surface area contributed by atoms with Crippen LogP contribution in [0, 0.1) is 0 Å². The molecule has 2 aromatic carbocycles. The van der Waals surface area contributed by atoms with Crippen LogP contribution in [0.15, 0.2) is 42.5 Å². The number of aromatic hydroxyl groups is 1. The Morgan fingerprint density at radius 3 is 1.82 bits per heavy atom. The standard InChI is InChI=1S/C28H44NO4P/c1-9-32-34(31,33-10-2)21-29(18-14-17-22-15-12-11-13-16-22)23-19-24(27(3,4)5)26(30)25(20-23)28(6,7)8/h11-13,15-16,19-20,30H,9-10,14,17-18,21H2,1-8H3. The number of nitrogens with zero attached hydrogens (tertiary/aromatic N) is 1. The number of anilines is 1. The van der Waals surface area contributed by atoms with E-state index in [1.807, 2.05) is 32.0 Å². The third-order valence-electron chi connectivity index (χ3n) is 5.81. The Morgan fingerprint density at radius 2 is 1.38 bits per heavy atom. The van der Waals surface area contributed by atoms with Gasteiger partial charge in [0.25, 0.3) is 0 Å². The summed E-state index contributed by atoms with van der Waals surface area (Å²) in [6.07, 6.45) is 1.97. The molecule has 0 spiro atoms. The van der Waals surface area contributed by atoms with E-state index in [1.54, 1.807) is 0 Å². The van der Waals surface area contributed by atoms with Gasteiger partial charge in [0.2, 0.25) is 0 Å². The van der Waals surface area contributed by atoms with Gasteiger partial charge < -0.3 is 19.1 Å². The Hall–Kier alpha value is -1.81. The summed E-state index contributed by atoms with van der Waals surface area (Å²) in [6.45, 7) is 17.6. The summed E-state index contributed by atoms with van der Waals surface area (Å²) in [5, 5.41) is 11.2. The van der Waals surface area contributed by atoms with Crippen molar-refractivity contribution in [1.82, 2.24) is 0 Å². The topological polar surface area (TPSA) is 59.0 Å². The molecule has 34 heavy (non-hydrogen) atoms. The van der Waals surface area contributed by atoms with E-state index in [0.717, 1.165) is 29.7 Å². The molecular weight excluding hydrogens is 445 g/mol. The molecule has 0 amide bonds. The van der Waals surface area contributed by atoms with Crippen LogP contribution < -0.4 is 4.90 Å². The van der Waals surface area contributed by atoms with Crippen molar-refractivity contribution in [2.24, 2.45) is 0 Å². The van der Waals surface area contributed by atoms with E-state index in [9.17, 15) is 9.67 Å². The number of rotatable bonds is 11. The Labute approximate surface area is 207 Å². The minimum Gasteiger partial charge on any atom is -0.507 e. The molecular formula is C28H44NO4P. The molecule has 0 aliphatic heterocycles. The van der Waals surface area contributed by atoms with Gasteiger partial charge in [0.15, 0.2) is 0 Å². The molecule has 0 saturated carbocycles. The third kappa shape index (κ3) is 7.86. The maximum Gasteiger partial charge on any atom is 0.349 e. The van der Waals surface area contributed by atoms with E-state index in [-0.39, 0.29) is 17.1 Å². The molecule has 5 nitrogen and oxygen atoms in total. The van der Waals surface area contributed by atoms with Gasteiger partial charge in [-0.2, -0.15) is 0 Å². The average molecular weight is 490 g/mol. The van der Waals surface area contributed by atoms with Crippen molar-refractivity contribution in [3.05, 3.63) is 59.2 Å². The number of hydrogen-bond acceptors (Lipinski definition) is 5. The second kappa shape index (κ2) is 11.7. The summed E-state index contributed by atoms with van der Waals surface area (Å²) in [7, 11) is -3.31. The summed E-state index contributed by atoms with van der Waals surface area (Å²) >= 11 is 0. The fourth-order valence-electron chi connectivity index (χ4n) is 4.07. The lowest BCUT2D eigenvalue weighted by atomic mass is 9.79. The molecule has 6 heteroatoms. The van der Waals surface area contributed by atoms with Crippen LogP contribution in [0.4, 0.5) is 5.69 Å². The van der Waals surface area contributed by atoms with Crippen molar-refractivity contribution in [3.63, 3.8) is 0 Å². The van der Waals surface area contributed by atoms with Gasteiger partial charge in [-0.05, 0) is 55.2 Å². The number of phenols is 1. The van der Waals surface area contributed by atoms with Crippen LogP contribution in [0.2, 0.25) is 0 Å². The van der Waals surface area contributed by atoms with Gasteiger partial charge in [0, 0.05) is 23.4 Å². The van der Waals surface area contributed by atoms with Crippen LogP contribution in [0.3, 0.4) is 0 Å². The van der Waals surface area contributed by atoms with E-state index >= 15 is 0 Å². The van der Waals surface area contributed by atoms with Gasteiger partial charge in [-0.15, -0.1) is 0 Å². The maximum absolute atomic E-state index is 13.5. The van der Waals surface area contributed by atoms with E-state index in [4.69, 9.17) is 9.05 Å². The van der Waals surface area contributed by atoms with Gasteiger partial charge >= 0.3 is 7.60 Å². The summed E-state index contributed by atoms with van der Waals surface area (Å²) < 4.78 is 24.8. The molecule has 0 bridgehead atoms. The summed E-state index contributed by atoms with van der Waals surface area (Å²) in [5.41, 5.74) is 3.46.